The van der Waals surface area contributed by atoms with Crippen molar-refractivity contribution in [2.45, 2.75) is 39.5 Å². The molecule has 106 valence electrons. The normalized spacial score (nSPS) is 18.4. The largest absolute Gasteiger partial charge is 0.368 e. The van der Waals surface area contributed by atoms with Crippen molar-refractivity contribution < 1.29 is 0 Å². The van der Waals surface area contributed by atoms with E-state index in [0.29, 0.717) is 11.2 Å². The number of hydrazine groups is 1. The molecule has 1 aromatic rings. The van der Waals surface area contributed by atoms with Gasteiger partial charge in [-0.15, -0.1) is 0 Å². The Hall–Kier alpha value is -1.56. The molecule has 6 nitrogen and oxygen atoms in total. The molecular weight excluding hydrogens is 240 g/mol. The van der Waals surface area contributed by atoms with E-state index < -0.39 is 0 Å². The molecule has 6 heteroatoms. The summed E-state index contributed by atoms with van der Waals surface area (Å²) in [6.07, 6.45) is 4.91. The molecule has 5 N–H and O–H groups in total. The van der Waals surface area contributed by atoms with Crippen LogP contribution in [0.4, 0.5) is 17.6 Å². The molecule has 1 aliphatic rings. The molecule has 1 aromatic heterocycles. The Labute approximate surface area is 114 Å². The van der Waals surface area contributed by atoms with Crippen LogP contribution in [-0.4, -0.2) is 23.1 Å². The van der Waals surface area contributed by atoms with E-state index in [-0.39, 0.29) is 5.95 Å². The highest BCUT2D eigenvalue weighted by atomic mass is 15.3. The lowest BCUT2D eigenvalue weighted by molar-refractivity contribution is 0.199. The summed E-state index contributed by atoms with van der Waals surface area (Å²) in [6, 6.07) is 1.85. The van der Waals surface area contributed by atoms with Crippen LogP contribution in [0, 0.1) is 5.41 Å². The van der Waals surface area contributed by atoms with E-state index in [0.717, 1.165) is 18.9 Å². The first-order chi connectivity index (χ1) is 9.12. The lowest BCUT2D eigenvalue weighted by Gasteiger charge is -2.41. The van der Waals surface area contributed by atoms with E-state index in [9.17, 15) is 0 Å². The van der Waals surface area contributed by atoms with Gasteiger partial charge in [-0.2, -0.15) is 9.97 Å². The first kappa shape index (κ1) is 13.9. The molecule has 1 fully saturated rings. The Morgan fingerprint density at radius 1 is 1.26 bits per heavy atom. The Bertz CT molecular complexity index is 419. The van der Waals surface area contributed by atoms with Crippen molar-refractivity contribution in [1.82, 2.24) is 9.97 Å². The zero-order chi connectivity index (χ0) is 13.9. The summed E-state index contributed by atoms with van der Waals surface area (Å²) < 4.78 is 0. The van der Waals surface area contributed by atoms with Crippen molar-refractivity contribution in [2.75, 3.05) is 29.1 Å². The number of aromatic nitrogens is 2. The first-order valence-corrected chi connectivity index (χ1v) is 6.98. The topological polar surface area (TPSA) is 93.1 Å². The number of nitrogens with two attached hydrogens (primary N) is 2. The number of nitrogen functional groups attached to an aromatic ring is 2. The minimum absolute atomic E-state index is 0.258. The van der Waals surface area contributed by atoms with Gasteiger partial charge in [0.05, 0.1) is 0 Å². The molecule has 1 saturated heterocycles. The van der Waals surface area contributed by atoms with E-state index in [1.54, 1.807) is 0 Å². The lowest BCUT2D eigenvalue weighted by atomic mass is 9.74. The van der Waals surface area contributed by atoms with Gasteiger partial charge < -0.3 is 16.1 Å². The highest BCUT2D eigenvalue weighted by Crippen LogP contribution is 2.38. The summed E-state index contributed by atoms with van der Waals surface area (Å²) in [4.78, 5) is 10.6. The summed E-state index contributed by atoms with van der Waals surface area (Å²) in [5.74, 6) is 7.07. The van der Waals surface area contributed by atoms with Crippen molar-refractivity contribution in [3.8, 4) is 0 Å². The predicted octanol–water partition coefficient (Wildman–Crippen LogP) is 1.75. The van der Waals surface area contributed by atoms with Crippen LogP contribution in [0.15, 0.2) is 6.07 Å². The number of piperidine rings is 1. The van der Waals surface area contributed by atoms with Gasteiger partial charge in [0.1, 0.15) is 11.6 Å². The number of hydrogen-bond donors (Lipinski definition) is 3. The van der Waals surface area contributed by atoms with Gasteiger partial charge in [-0.1, -0.05) is 26.7 Å². The van der Waals surface area contributed by atoms with Crippen LogP contribution in [-0.2, 0) is 0 Å². The van der Waals surface area contributed by atoms with Crippen molar-refractivity contribution in [3.63, 3.8) is 0 Å². The Balaban J connectivity index is 2.11. The molecule has 0 spiro atoms. The molecule has 0 aromatic carbocycles. The summed E-state index contributed by atoms with van der Waals surface area (Å²) in [7, 11) is 0. The smallest absolute Gasteiger partial charge is 0.223 e. The molecule has 2 rings (SSSR count). The molecule has 1 aliphatic heterocycles. The van der Waals surface area contributed by atoms with Crippen molar-refractivity contribution in [1.29, 1.82) is 0 Å². The van der Waals surface area contributed by atoms with Gasteiger partial charge in [0, 0.05) is 19.2 Å². The van der Waals surface area contributed by atoms with Gasteiger partial charge >= 0.3 is 0 Å². The molecule has 0 amide bonds. The third-order valence-electron chi connectivity index (χ3n) is 4.53. The van der Waals surface area contributed by atoms with Crippen LogP contribution < -0.4 is 21.9 Å². The van der Waals surface area contributed by atoms with Crippen LogP contribution >= 0.6 is 0 Å². The second-order valence-electron chi connectivity index (χ2n) is 5.31. The number of anilines is 3. The number of nitrogens with one attached hydrogen (secondary N) is 1. The summed E-state index contributed by atoms with van der Waals surface area (Å²) >= 11 is 0. The lowest BCUT2D eigenvalue weighted by Crippen LogP contribution is -2.40. The molecule has 0 bridgehead atoms. The number of nitrogens with zero attached hydrogens (tertiary/aromatic N) is 3. The predicted molar refractivity (Wildman–Crippen MR) is 78.7 cm³/mol. The molecule has 0 radical (unpaired) electrons. The monoisotopic (exact) mass is 264 g/mol. The van der Waals surface area contributed by atoms with Crippen LogP contribution in [0.2, 0.25) is 0 Å². The first-order valence-electron chi connectivity index (χ1n) is 6.98. The number of rotatable bonds is 4. The fourth-order valence-electron chi connectivity index (χ4n) is 2.86. The average Bonchev–Trinajstić information content (AvgIpc) is 2.46. The molecule has 0 saturated carbocycles. The SMILES string of the molecule is CCC1(CC)CCN(c2cc(NN)nc(N)n2)CC1. The standard InChI is InChI=1S/C13H24N6/c1-3-13(4-2)5-7-19(8-6-13)11-9-10(18-15)16-12(14)17-11/h9H,3-8,15H2,1-2H3,(H3,14,16,17,18). The van der Waals surface area contributed by atoms with E-state index in [1.807, 2.05) is 6.07 Å². The summed E-state index contributed by atoms with van der Waals surface area (Å²) in [6.45, 7) is 6.61. The molecule has 19 heavy (non-hydrogen) atoms. The van der Waals surface area contributed by atoms with E-state index >= 15 is 0 Å². The van der Waals surface area contributed by atoms with Gasteiger partial charge in [0.25, 0.3) is 0 Å². The zero-order valence-corrected chi connectivity index (χ0v) is 11.8. The zero-order valence-electron chi connectivity index (χ0n) is 11.8. The third kappa shape index (κ3) is 2.89. The van der Waals surface area contributed by atoms with Crippen LogP contribution in [0.5, 0.6) is 0 Å². The van der Waals surface area contributed by atoms with E-state index in [2.05, 4.69) is 34.1 Å². The Morgan fingerprint density at radius 3 is 2.42 bits per heavy atom. The molecular formula is C13H24N6. The van der Waals surface area contributed by atoms with Gasteiger partial charge in [0.2, 0.25) is 5.95 Å². The van der Waals surface area contributed by atoms with E-state index in [1.165, 1.54) is 25.7 Å². The van der Waals surface area contributed by atoms with E-state index in [4.69, 9.17) is 11.6 Å². The highest BCUT2D eigenvalue weighted by molar-refractivity contribution is 5.52. The minimum atomic E-state index is 0.258. The Kier molecular flexibility index (Phi) is 4.09. The fourth-order valence-corrected chi connectivity index (χ4v) is 2.86. The quantitative estimate of drug-likeness (QED) is 0.566. The molecule has 0 aliphatic carbocycles. The second kappa shape index (κ2) is 5.61. The average molecular weight is 264 g/mol. The van der Waals surface area contributed by atoms with Crippen LogP contribution in [0.1, 0.15) is 39.5 Å². The molecule has 0 atom stereocenters. The Morgan fingerprint density at radius 2 is 1.89 bits per heavy atom. The highest BCUT2D eigenvalue weighted by Gasteiger charge is 2.31. The molecule has 0 unspecified atom stereocenters. The van der Waals surface area contributed by atoms with Crippen molar-refractivity contribution in [2.24, 2.45) is 11.3 Å². The second-order valence-corrected chi connectivity index (χ2v) is 5.31. The van der Waals surface area contributed by atoms with Crippen LogP contribution in [0.25, 0.3) is 0 Å². The fraction of sp³-hybridized carbons (Fsp3) is 0.692. The minimum Gasteiger partial charge on any atom is -0.368 e. The van der Waals surface area contributed by atoms with Gasteiger partial charge in [0.15, 0.2) is 0 Å². The number of hydrogen-bond acceptors (Lipinski definition) is 6. The van der Waals surface area contributed by atoms with Gasteiger partial charge in [-0.3, -0.25) is 0 Å². The maximum atomic E-state index is 5.70. The molecule has 2 heterocycles. The summed E-state index contributed by atoms with van der Waals surface area (Å²) in [5.41, 5.74) is 8.73. The maximum Gasteiger partial charge on any atom is 0.223 e. The van der Waals surface area contributed by atoms with Crippen LogP contribution in [0.3, 0.4) is 0 Å². The third-order valence-corrected chi connectivity index (χ3v) is 4.53. The van der Waals surface area contributed by atoms with Crippen molar-refractivity contribution >= 4 is 17.6 Å². The maximum absolute atomic E-state index is 5.70. The van der Waals surface area contributed by atoms with Gasteiger partial charge in [-0.25, -0.2) is 5.84 Å². The summed E-state index contributed by atoms with van der Waals surface area (Å²) in [5, 5.41) is 0. The van der Waals surface area contributed by atoms with Crippen molar-refractivity contribution in [3.05, 3.63) is 6.07 Å². The van der Waals surface area contributed by atoms with Gasteiger partial charge in [-0.05, 0) is 18.3 Å².